The normalized spacial score (nSPS) is 15.4. The first-order valence-electron chi connectivity index (χ1n) is 10.6. The number of hydrogen-bond acceptors (Lipinski definition) is 2. The molecule has 29 heavy (non-hydrogen) atoms. The zero-order chi connectivity index (χ0) is 20.2. The highest BCUT2D eigenvalue weighted by Gasteiger charge is 2.17. The first kappa shape index (κ1) is 19.4. The van der Waals surface area contributed by atoms with E-state index in [1.807, 2.05) is 25.1 Å². The third-order valence-corrected chi connectivity index (χ3v) is 6.00. The number of aryl methyl sites for hydroxylation is 4. The topological polar surface area (TPSA) is 32.6 Å². The maximum absolute atomic E-state index is 11.2. The first-order chi connectivity index (χ1) is 14.1. The molecule has 3 aromatic rings. The van der Waals surface area contributed by atoms with Crippen molar-refractivity contribution in [2.45, 2.75) is 52.0 Å². The van der Waals surface area contributed by atoms with E-state index < -0.39 is 0 Å². The molecule has 2 nitrogen and oxygen atoms in total. The molecule has 0 heterocycles. The highest BCUT2D eigenvalue weighted by molar-refractivity contribution is 6.03. The Morgan fingerprint density at radius 1 is 0.793 bits per heavy atom. The van der Waals surface area contributed by atoms with Gasteiger partial charge in [-0.05, 0) is 73.8 Å². The summed E-state index contributed by atoms with van der Waals surface area (Å²) in [6, 6.07) is 23.7. The van der Waals surface area contributed by atoms with Gasteiger partial charge in [0.25, 0.3) is 0 Å². The van der Waals surface area contributed by atoms with Gasteiger partial charge in [0.15, 0.2) is 0 Å². The van der Waals surface area contributed by atoms with Gasteiger partial charge in [-0.3, -0.25) is 4.99 Å². The van der Waals surface area contributed by atoms with Crippen molar-refractivity contribution < 1.29 is 5.11 Å². The molecule has 7 rings (SSSR count). The molecular weight excluding hydrogens is 354 g/mol. The predicted molar refractivity (Wildman–Crippen MR) is 121 cm³/mol. The number of phenols is 1. The van der Waals surface area contributed by atoms with Gasteiger partial charge in [-0.1, -0.05) is 66.7 Å². The summed E-state index contributed by atoms with van der Waals surface area (Å²) >= 11 is 0. The second-order valence-electron chi connectivity index (χ2n) is 8.08. The number of aliphatic imine (C=N–C) groups is 1. The van der Waals surface area contributed by atoms with E-state index in [-0.39, 0.29) is 6.04 Å². The SMILES string of the molecule is C/C(=N\[C@@H](C)c1ccccc1)c1c2ccc(c1O)CCc1ccc(cc1)CCC2. The number of nitrogens with zero attached hydrogens (tertiary/aromatic N) is 1. The van der Waals surface area contributed by atoms with Gasteiger partial charge in [-0.15, -0.1) is 0 Å². The van der Waals surface area contributed by atoms with Crippen LogP contribution in [-0.4, -0.2) is 10.8 Å². The van der Waals surface area contributed by atoms with Crippen molar-refractivity contribution in [1.82, 2.24) is 0 Å². The highest BCUT2D eigenvalue weighted by atomic mass is 16.3. The van der Waals surface area contributed by atoms with Crippen molar-refractivity contribution in [3.8, 4) is 5.75 Å². The summed E-state index contributed by atoms with van der Waals surface area (Å²) in [4.78, 5) is 4.96. The van der Waals surface area contributed by atoms with Crippen LogP contribution >= 0.6 is 0 Å². The van der Waals surface area contributed by atoms with E-state index in [0.29, 0.717) is 5.75 Å². The Hall–Kier alpha value is -2.87. The molecule has 0 aromatic heterocycles. The lowest BCUT2D eigenvalue weighted by Gasteiger charge is -2.17. The van der Waals surface area contributed by atoms with E-state index in [1.54, 1.807) is 0 Å². The van der Waals surface area contributed by atoms with Gasteiger partial charge in [-0.25, -0.2) is 0 Å². The zero-order valence-electron chi connectivity index (χ0n) is 17.4. The number of hydrogen-bond donors (Lipinski definition) is 1. The Balaban J connectivity index is 1.71. The Morgan fingerprint density at radius 2 is 1.45 bits per heavy atom. The average Bonchev–Trinajstić information content (AvgIpc) is 2.78. The molecule has 0 saturated carbocycles. The van der Waals surface area contributed by atoms with Gasteiger partial charge in [0.1, 0.15) is 5.75 Å². The van der Waals surface area contributed by atoms with Crippen molar-refractivity contribution in [3.05, 3.63) is 100 Å². The van der Waals surface area contributed by atoms with Crippen LogP contribution in [0.2, 0.25) is 0 Å². The second kappa shape index (κ2) is 8.65. The van der Waals surface area contributed by atoms with Crippen molar-refractivity contribution in [3.63, 3.8) is 0 Å². The van der Waals surface area contributed by atoms with Crippen LogP contribution in [0.25, 0.3) is 0 Å². The summed E-state index contributed by atoms with van der Waals surface area (Å²) in [6.45, 7) is 4.15. The molecule has 148 valence electrons. The third kappa shape index (κ3) is 4.42. The van der Waals surface area contributed by atoms with Crippen LogP contribution in [-0.2, 0) is 25.7 Å². The van der Waals surface area contributed by atoms with E-state index in [4.69, 9.17) is 4.99 Å². The predicted octanol–water partition coefficient (Wildman–Crippen LogP) is 6.24. The highest BCUT2D eigenvalue weighted by Crippen LogP contribution is 2.31. The molecule has 0 spiro atoms. The van der Waals surface area contributed by atoms with E-state index in [1.165, 1.54) is 22.3 Å². The monoisotopic (exact) mass is 383 g/mol. The molecular formula is C27H29NO. The average molecular weight is 384 g/mol. The van der Waals surface area contributed by atoms with Crippen LogP contribution in [0.5, 0.6) is 5.75 Å². The standard InChI is InChI=1S/C27H29NO/c1-19(23-8-4-3-5-9-23)28-20(2)26-24-10-6-7-21-11-13-22(14-12-21)15-16-25(18-17-24)27(26)29/h3-5,8-9,11-14,17-19,29H,6-7,10,15-16H2,1-2H3/b28-20+/t19-/m0/s1. The van der Waals surface area contributed by atoms with Crippen molar-refractivity contribution in [2.24, 2.45) is 4.99 Å². The first-order valence-corrected chi connectivity index (χ1v) is 10.6. The van der Waals surface area contributed by atoms with Gasteiger partial charge in [0, 0.05) is 11.3 Å². The molecule has 2 heteroatoms. The lowest BCUT2D eigenvalue weighted by atomic mass is 9.93. The van der Waals surface area contributed by atoms with Crippen molar-refractivity contribution in [2.75, 3.05) is 0 Å². The summed E-state index contributed by atoms with van der Waals surface area (Å²) in [5.41, 5.74) is 7.96. The lowest BCUT2D eigenvalue weighted by Crippen LogP contribution is -2.07. The summed E-state index contributed by atoms with van der Waals surface area (Å²) in [5, 5.41) is 11.2. The van der Waals surface area contributed by atoms with Gasteiger partial charge < -0.3 is 5.11 Å². The summed E-state index contributed by atoms with van der Waals surface area (Å²) in [6.07, 6.45) is 4.83. The smallest absolute Gasteiger partial charge is 0.128 e. The van der Waals surface area contributed by atoms with Crippen LogP contribution in [0, 0.1) is 0 Å². The minimum absolute atomic E-state index is 0.0598. The lowest BCUT2D eigenvalue weighted by molar-refractivity contribution is 0.465. The van der Waals surface area contributed by atoms with Crippen LogP contribution in [0.4, 0.5) is 0 Å². The quantitative estimate of drug-likeness (QED) is 0.534. The fourth-order valence-corrected chi connectivity index (χ4v) is 4.29. The van der Waals surface area contributed by atoms with E-state index in [0.717, 1.165) is 48.9 Å². The van der Waals surface area contributed by atoms with Crippen LogP contribution < -0.4 is 0 Å². The van der Waals surface area contributed by atoms with Crippen LogP contribution in [0.3, 0.4) is 0 Å². The second-order valence-corrected chi connectivity index (χ2v) is 8.08. The molecule has 0 radical (unpaired) electrons. The van der Waals surface area contributed by atoms with E-state index >= 15 is 0 Å². The molecule has 3 aromatic carbocycles. The van der Waals surface area contributed by atoms with Gasteiger partial charge in [-0.2, -0.15) is 0 Å². The number of phenolic OH excluding ortho intramolecular Hbond substituents is 1. The van der Waals surface area contributed by atoms with Crippen LogP contribution in [0.1, 0.15) is 59.7 Å². The Kier molecular flexibility index (Phi) is 5.80. The Morgan fingerprint density at radius 3 is 2.17 bits per heavy atom. The fraction of sp³-hybridized carbons (Fsp3) is 0.296. The van der Waals surface area contributed by atoms with E-state index in [2.05, 4.69) is 55.5 Å². The van der Waals surface area contributed by atoms with Crippen LogP contribution in [0.15, 0.2) is 71.7 Å². The van der Waals surface area contributed by atoms with E-state index in [9.17, 15) is 5.11 Å². The third-order valence-electron chi connectivity index (χ3n) is 6.00. The molecule has 1 atom stereocenters. The molecule has 4 bridgehead atoms. The maximum Gasteiger partial charge on any atom is 0.128 e. The van der Waals surface area contributed by atoms with Gasteiger partial charge in [0.2, 0.25) is 0 Å². The number of aromatic hydroxyl groups is 1. The van der Waals surface area contributed by atoms with Gasteiger partial charge >= 0.3 is 0 Å². The number of rotatable bonds is 3. The largest absolute Gasteiger partial charge is 0.507 e. The summed E-state index contributed by atoms with van der Waals surface area (Å²) in [7, 11) is 0. The summed E-state index contributed by atoms with van der Waals surface area (Å²) < 4.78 is 0. The zero-order valence-corrected chi connectivity index (χ0v) is 17.4. The van der Waals surface area contributed by atoms with Gasteiger partial charge in [0.05, 0.1) is 6.04 Å². The molecule has 4 aliphatic rings. The minimum atomic E-state index is 0.0598. The fourth-order valence-electron chi connectivity index (χ4n) is 4.29. The molecule has 0 amide bonds. The molecule has 0 fully saturated rings. The molecule has 0 unspecified atom stereocenters. The molecule has 0 saturated heterocycles. The molecule has 4 aliphatic carbocycles. The molecule has 1 N–H and O–H groups in total. The maximum atomic E-state index is 11.2. The Labute approximate surface area is 174 Å². The minimum Gasteiger partial charge on any atom is -0.507 e. The summed E-state index contributed by atoms with van der Waals surface area (Å²) in [5.74, 6) is 0.416. The Bertz CT molecular complexity index is 1000. The number of benzene rings is 3. The van der Waals surface area contributed by atoms with Crippen molar-refractivity contribution in [1.29, 1.82) is 0 Å². The van der Waals surface area contributed by atoms with Crippen molar-refractivity contribution >= 4 is 5.71 Å². The molecule has 0 aliphatic heterocycles.